The molecule has 2 aromatic carbocycles. The Morgan fingerprint density at radius 3 is 2.58 bits per heavy atom. The summed E-state index contributed by atoms with van der Waals surface area (Å²) < 4.78 is 0. The molecule has 0 aliphatic heterocycles. The zero-order valence-corrected chi connectivity index (χ0v) is 10.3. The van der Waals surface area contributed by atoms with Crippen LogP contribution in [0.3, 0.4) is 0 Å². The maximum atomic E-state index is 10.9. The third kappa shape index (κ3) is 2.22. The second kappa shape index (κ2) is 4.61. The maximum absolute atomic E-state index is 10.9. The van der Waals surface area contributed by atoms with Gasteiger partial charge in [-0.3, -0.25) is 4.79 Å². The smallest absolute Gasteiger partial charge is 0.307 e. The average Bonchev–Trinajstić information content (AvgIpc) is 2.82. The van der Waals surface area contributed by atoms with Gasteiger partial charge < -0.3 is 10.1 Å². The highest BCUT2D eigenvalue weighted by molar-refractivity contribution is 5.90. The highest BCUT2D eigenvalue weighted by Gasteiger charge is 2.08. The number of H-pyrrole nitrogens is 1. The van der Waals surface area contributed by atoms with E-state index in [1.165, 1.54) is 0 Å². The Kier molecular flexibility index (Phi) is 2.80. The second-order valence-electron chi connectivity index (χ2n) is 4.51. The standard InChI is InChI=1S/C16H13NO2/c18-16(19)9-13-10-17-15-7-6-12(8-14(13)15)11-4-2-1-3-5-11/h1-8,10,17H,9H2,(H,18,19). The lowest BCUT2D eigenvalue weighted by atomic mass is 10.0. The molecule has 0 aliphatic carbocycles. The fourth-order valence-corrected chi connectivity index (χ4v) is 2.30. The number of rotatable bonds is 3. The lowest BCUT2D eigenvalue weighted by Gasteiger charge is -2.02. The molecular formula is C16H13NO2. The van der Waals surface area contributed by atoms with Crippen LogP contribution in [0.5, 0.6) is 0 Å². The number of aliphatic carboxylic acids is 1. The molecule has 3 rings (SSSR count). The van der Waals surface area contributed by atoms with E-state index in [-0.39, 0.29) is 6.42 Å². The molecular weight excluding hydrogens is 238 g/mol. The first-order valence-corrected chi connectivity index (χ1v) is 6.11. The minimum atomic E-state index is -0.814. The van der Waals surface area contributed by atoms with Crippen molar-refractivity contribution >= 4 is 16.9 Å². The third-order valence-corrected chi connectivity index (χ3v) is 3.22. The van der Waals surface area contributed by atoms with Crippen LogP contribution in [0.25, 0.3) is 22.0 Å². The van der Waals surface area contributed by atoms with Crippen LogP contribution in [0.2, 0.25) is 0 Å². The summed E-state index contributed by atoms with van der Waals surface area (Å²) in [6.45, 7) is 0. The first-order valence-electron chi connectivity index (χ1n) is 6.11. The number of carbonyl (C=O) groups is 1. The summed E-state index contributed by atoms with van der Waals surface area (Å²) in [5.41, 5.74) is 4.02. The van der Waals surface area contributed by atoms with E-state index < -0.39 is 5.97 Å². The first-order chi connectivity index (χ1) is 9.24. The van der Waals surface area contributed by atoms with Gasteiger partial charge in [-0.15, -0.1) is 0 Å². The molecule has 0 saturated heterocycles. The fourth-order valence-electron chi connectivity index (χ4n) is 2.30. The molecule has 0 amide bonds. The summed E-state index contributed by atoms with van der Waals surface area (Å²) in [7, 11) is 0. The van der Waals surface area contributed by atoms with Crippen LogP contribution in [-0.4, -0.2) is 16.1 Å². The monoisotopic (exact) mass is 251 g/mol. The van der Waals surface area contributed by atoms with Gasteiger partial charge in [-0.2, -0.15) is 0 Å². The molecule has 0 unspecified atom stereocenters. The van der Waals surface area contributed by atoms with Crippen molar-refractivity contribution in [1.82, 2.24) is 4.98 Å². The zero-order chi connectivity index (χ0) is 13.2. The molecule has 94 valence electrons. The van der Waals surface area contributed by atoms with Gasteiger partial charge in [-0.05, 0) is 28.8 Å². The summed E-state index contributed by atoms with van der Waals surface area (Å²) >= 11 is 0. The van der Waals surface area contributed by atoms with Crippen LogP contribution in [0.15, 0.2) is 54.7 Å². The molecule has 19 heavy (non-hydrogen) atoms. The van der Waals surface area contributed by atoms with Crippen molar-refractivity contribution in [2.45, 2.75) is 6.42 Å². The lowest BCUT2D eigenvalue weighted by molar-refractivity contribution is -0.136. The molecule has 3 heteroatoms. The van der Waals surface area contributed by atoms with E-state index in [0.29, 0.717) is 0 Å². The summed E-state index contributed by atoms with van der Waals surface area (Å²) in [5, 5.41) is 9.89. The molecule has 1 heterocycles. The number of hydrogen-bond donors (Lipinski definition) is 2. The van der Waals surface area contributed by atoms with Gasteiger partial charge >= 0.3 is 5.97 Å². The normalized spacial score (nSPS) is 10.7. The van der Waals surface area contributed by atoms with Crippen molar-refractivity contribution in [2.75, 3.05) is 0 Å². The van der Waals surface area contributed by atoms with Crippen molar-refractivity contribution in [3.8, 4) is 11.1 Å². The van der Waals surface area contributed by atoms with E-state index in [2.05, 4.69) is 4.98 Å². The Labute approximate surface area is 110 Å². The predicted molar refractivity (Wildman–Crippen MR) is 75.1 cm³/mol. The molecule has 1 aromatic heterocycles. The Balaban J connectivity index is 2.11. The molecule has 3 aromatic rings. The number of nitrogens with one attached hydrogen (secondary N) is 1. The highest BCUT2D eigenvalue weighted by Crippen LogP contribution is 2.26. The predicted octanol–water partition coefficient (Wildman–Crippen LogP) is 3.46. The van der Waals surface area contributed by atoms with Crippen LogP contribution in [0.4, 0.5) is 0 Å². The van der Waals surface area contributed by atoms with E-state index in [1.807, 2.05) is 48.5 Å². The van der Waals surface area contributed by atoms with Crippen molar-refractivity contribution in [2.24, 2.45) is 0 Å². The van der Waals surface area contributed by atoms with Gasteiger partial charge in [0.25, 0.3) is 0 Å². The van der Waals surface area contributed by atoms with E-state index in [1.54, 1.807) is 6.20 Å². The van der Waals surface area contributed by atoms with Crippen LogP contribution in [0.1, 0.15) is 5.56 Å². The Bertz CT molecular complexity index is 729. The Morgan fingerprint density at radius 2 is 1.84 bits per heavy atom. The first kappa shape index (κ1) is 11.5. The fraction of sp³-hybridized carbons (Fsp3) is 0.0625. The van der Waals surface area contributed by atoms with Crippen molar-refractivity contribution in [1.29, 1.82) is 0 Å². The molecule has 0 atom stereocenters. The van der Waals surface area contributed by atoms with Crippen molar-refractivity contribution in [3.05, 3.63) is 60.3 Å². The number of carboxylic acids is 1. The molecule has 0 radical (unpaired) electrons. The molecule has 0 spiro atoms. The molecule has 0 aliphatic rings. The molecule has 0 bridgehead atoms. The number of fused-ring (bicyclic) bond motifs is 1. The van der Waals surface area contributed by atoms with Gasteiger partial charge in [0.1, 0.15) is 0 Å². The quantitative estimate of drug-likeness (QED) is 0.749. The molecule has 0 saturated carbocycles. The molecule has 2 N–H and O–H groups in total. The minimum Gasteiger partial charge on any atom is -0.481 e. The largest absolute Gasteiger partial charge is 0.481 e. The number of aromatic nitrogens is 1. The van der Waals surface area contributed by atoms with Crippen LogP contribution < -0.4 is 0 Å². The summed E-state index contributed by atoms with van der Waals surface area (Å²) in [4.78, 5) is 14.0. The van der Waals surface area contributed by atoms with Crippen molar-refractivity contribution < 1.29 is 9.90 Å². The zero-order valence-electron chi connectivity index (χ0n) is 10.3. The van der Waals surface area contributed by atoms with E-state index in [0.717, 1.165) is 27.6 Å². The Hall–Kier alpha value is -2.55. The lowest BCUT2D eigenvalue weighted by Crippen LogP contribution is -1.98. The summed E-state index contributed by atoms with van der Waals surface area (Å²) in [6.07, 6.45) is 1.81. The van der Waals surface area contributed by atoms with E-state index in [4.69, 9.17) is 5.11 Å². The van der Waals surface area contributed by atoms with Crippen LogP contribution in [-0.2, 0) is 11.2 Å². The van der Waals surface area contributed by atoms with Crippen LogP contribution >= 0.6 is 0 Å². The molecule has 3 nitrogen and oxygen atoms in total. The topological polar surface area (TPSA) is 53.1 Å². The number of hydrogen-bond acceptors (Lipinski definition) is 1. The second-order valence-corrected chi connectivity index (χ2v) is 4.51. The van der Waals surface area contributed by atoms with Gasteiger partial charge in [0.2, 0.25) is 0 Å². The van der Waals surface area contributed by atoms with Crippen molar-refractivity contribution in [3.63, 3.8) is 0 Å². The summed E-state index contributed by atoms with van der Waals surface area (Å²) in [5.74, 6) is -0.814. The number of carboxylic acid groups (broad SMARTS) is 1. The number of benzene rings is 2. The van der Waals surface area contributed by atoms with Gasteiger partial charge in [0, 0.05) is 17.1 Å². The minimum absolute atomic E-state index is 0.0399. The summed E-state index contributed by atoms with van der Waals surface area (Å²) in [6, 6.07) is 16.1. The SMILES string of the molecule is O=C(O)Cc1c[nH]c2ccc(-c3ccccc3)cc12. The Morgan fingerprint density at radius 1 is 1.05 bits per heavy atom. The van der Waals surface area contributed by atoms with Gasteiger partial charge in [0.15, 0.2) is 0 Å². The van der Waals surface area contributed by atoms with E-state index >= 15 is 0 Å². The maximum Gasteiger partial charge on any atom is 0.307 e. The molecule has 0 fully saturated rings. The van der Waals surface area contributed by atoms with E-state index in [9.17, 15) is 4.79 Å². The highest BCUT2D eigenvalue weighted by atomic mass is 16.4. The van der Waals surface area contributed by atoms with Crippen LogP contribution in [0, 0.1) is 0 Å². The number of aromatic amines is 1. The third-order valence-electron chi connectivity index (χ3n) is 3.22. The average molecular weight is 251 g/mol. The van der Waals surface area contributed by atoms with Gasteiger partial charge in [0.05, 0.1) is 6.42 Å². The van der Waals surface area contributed by atoms with Gasteiger partial charge in [-0.25, -0.2) is 0 Å². The van der Waals surface area contributed by atoms with Gasteiger partial charge in [-0.1, -0.05) is 36.4 Å².